The molecule has 2 atom stereocenters. The Morgan fingerprint density at radius 1 is 1.28 bits per heavy atom. The molecule has 2 N–H and O–H groups in total. The van der Waals surface area contributed by atoms with E-state index in [1.54, 1.807) is 7.11 Å². The predicted molar refractivity (Wildman–Crippen MR) is 72.8 cm³/mol. The third-order valence-corrected chi connectivity index (χ3v) is 2.94. The maximum atomic E-state index is 9.98. The SMILES string of the molecule is CCC(O)c1ccccc1N(C)CC(O)COC. The summed E-state index contributed by atoms with van der Waals surface area (Å²) in [7, 11) is 3.47. The van der Waals surface area contributed by atoms with Crippen molar-refractivity contribution >= 4 is 5.69 Å². The van der Waals surface area contributed by atoms with E-state index < -0.39 is 12.2 Å². The average molecular weight is 253 g/mol. The Morgan fingerprint density at radius 3 is 2.56 bits per heavy atom. The van der Waals surface area contributed by atoms with Crippen LogP contribution in [0.25, 0.3) is 0 Å². The van der Waals surface area contributed by atoms with Crippen LogP contribution in [0.4, 0.5) is 5.69 Å². The lowest BCUT2D eigenvalue weighted by Crippen LogP contribution is -2.32. The number of hydrogen-bond donors (Lipinski definition) is 2. The number of methoxy groups -OCH3 is 1. The number of benzene rings is 1. The molecule has 0 saturated carbocycles. The van der Waals surface area contributed by atoms with E-state index in [4.69, 9.17) is 4.74 Å². The highest BCUT2D eigenvalue weighted by Crippen LogP contribution is 2.27. The van der Waals surface area contributed by atoms with E-state index in [0.717, 1.165) is 11.3 Å². The third kappa shape index (κ3) is 3.98. The van der Waals surface area contributed by atoms with Crippen molar-refractivity contribution in [3.05, 3.63) is 29.8 Å². The second-order valence-electron chi connectivity index (χ2n) is 4.47. The second kappa shape index (κ2) is 7.36. The Balaban J connectivity index is 2.81. The summed E-state index contributed by atoms with van der Waals surface area (Å²) in [6.07, 6.45) is -0.332. The van der Waals surface area contributed by atoms with Crippen LogP contribution in [0.3, 0.4) is 0 Å². The number of likely N-dealkylation sites (N-methyl/N-ethyl adjacent to an activating group) is 1. The number of para-hydroxylation sites is 1. The molecule has 4 nitrogen and oxygen atoms in total. The molecular weight excluding hydrogens is 230 g/mol. The number of anilines is 1. The van der Waals surface area contributed by atoms with Gasteiger partial charge in [-0.2, -0.15) is 0 Å². The lowest BCUT2D eigenvalue weighted by molar-refractivity contribution is 0.0694. The molecule has 0 aliphatic rings. The molecule has 102 valence electrons. The largest absolute Gasteiger partial charge is 0.389 e. The van der Waals surface area contributed by atoms with Crippen LogP contribution in [0.15, 0.2) is 24.3 Å². The number of rotatable bonds is 7. The number of aliphatic hydroxyl groups excluding tert-OH is 2. The summed E-state index contributed by atoms with van der Waals surface area (Å²) in [4.78, 5) is 1.94. The molecule has 0 heterocycles. The van der Waals surface area contributed by atoms with Gasteiger partial charge < -0.3 is 19.8 Å². The summed E-state index contributed by atoms with van der Waals surface area (Å²) in [6, 6.07) is 7.72. The van der Waals surface area contributed by atoms with E-state index in [2.05, 4.69) is 0 Å². The van der Waals surface area contributed by atoms with Crippen molar-refractivity contribution in [3.63, 3.8) is 0 Å². The van der Waals surface area contributed by atoms with Gasteiger partial charge >= 0.3 is 0 Å². The highest BCUT2D eigenvalue weighted by molar-refractivity contribution is 5.54. The first-order chi connectivity index (χ1) is 8.60. The van der Waals surface area contributed by atoms with E-state index >= 15 is 0 Å². The van der Waals surface area contributed by atoms with Crippen LogP contribution in [0.2, 0.25) is 0 Å². The zero-order valence-corrected chi connectivity index (χ0v) is 11.3. The Morgan fingerprint density at radius 2 is 1.94 bits per heavy atom. The van der Waals surface area contributed by atoms with Crippen molar-refractivity contribution in [1.29, 1.82) is 0 Å². The second-order valence-corrected chi connectivity index (χ2v) is 4.47. The van der Waals surface area contributed by atoms with Crippen molar-refractivity contribution in [2.24, 2.45) is 0 Å². The fraction of sp³-hybridized carbons (Fsp3) is 0.571. The zero-order chi connectivity index (χ0) is 13.5. The van der Waals surface area contributed by atoms with Crippen LogP contribution in [-0.4, -0.2) is 43.6 Å². The van der Waals surface area contributed by atoms with Crippen LogP contribution < -0.4 is 4.90 Å². The monoisotopic (exact) mass is 253 g/mol. The first kappa shape index (κ1) is 15.0. The van der Waals surface area contributed by atoms with Crippen molar-refractivity contribution in [2.45, 2.75) is 25.6 Å². The van der Waals surface area contributed by atoms with Crippen LogP contribution >= 0.6 is 0 Å². The minimum Gasteiger partial charge on any atom is -0.389 e. The summed E-state index contributed by atoms with van der Waals surface area (Å²) < 4.78 is 4.91. The zero-order valence-electron chi connectivity index (χ0n) is 11.3. The maximum absolute atomic E-state index is 9.98. The molecule has 0 spiro atoms. The van der Waals surface area contributed by atoms with Crippen LogP contribution in [0.5, 0.6) is 0 Å². The number of aliphatic hydroxyl groups is 2. The quantitative estimate of drug-likeness (QED) is 0.774. The Labute approximate surface area is 109 Å². The molecule has 1 aromatic carbocycles. The van der Waals surface area contributed by atoms with Gasteiger partial charge in [0, 0.05) is 32.0 Å². The molecule has 0 aliphatic heterocycles. The van der Waals surface area contributed by atoms with E-state index in [9.17, 15) is 10.2 Å². The molecule has 18 heavy (non-hydrogen) atoms. The summed E-state index contributed by atoms with van der Waals surface area (Å²) in [5.74, 6) is 0. The van der Waals surface area contributed by atoms with E-state index in [1.165, 1.54) is 0 Å². The van der Waals surface area contributed by atoms with E-state index in [1.807, 2.05) is 43.1 Å². The molecule has 4 heteroatoms. The molecule has 0 radical (unpaired) electrons. The molecule has 0 aromatic heterocycles. The number of nitrogens with zero attached hydrogens (tertiary/aromatic N) is 1. The smallest absolute Gasteiger partial charge is 0.0947 e. The number of hydrogen-bond acceptors (Lipinski definition) is 4. The molecule has 0 saturated heterocycles. The highest BCUT2D eigenvalue weighted by Gasteiger charge is 2.15. The van der Waals surface area contributed by atoms with Crippen LogP contribution in [0, 0.1) is 0 Å². The van der Waals surface area contributed by atoms with E-state index in [-0.39, 0.29) is 0 Å². The molecule has 0 fully saturated rings. The summed E-state index contributed by atoms with van der Waals surface area (Å²) in [5.41, 5.74) is 1.84. The van der Waals surface area contributed by atoms with Gasteiger partial charge in [-0.05, 0) is 12.5 Å². The summed E-state index contributed by atoms with van der Waals surface area (Å²) in [5, 5.41) is 19.7. The summed E-state index contributed by atoms with van der Waals surface area (Å²) in [6.45, 7) is 2.73. The fourth-order valence-corrected chi connectivity index (χ4v) is 2.00. The first-order valence-corrected chi connectivity index (χ1v) is 6.25. The number of ether oxygens (including phenoxy) is 1. The van der Waals surface area contributed by atoms with Gasteiger partial charge in [0.2, 0.25) is 0 Å². The highest BCUT2D eigenvalue weighted by atomic mass is 16.5. The topological polar surface area (TPSA) is 52.9 Å². The summed E-state index contributed by atoms with van der Waals surface area (Å²) >= 11 is 0. The maximum Gasteiger partial charge on any atom is 0.0947 e. The lowest BCUT2D eigenvalue weighted by Gasteiger charge is -2.26. The van der Waals surface area contributed by atoms with Gasteiger partial charge in [0.15, 0.2) is 0 Å². The lowest BCUT2D eigenvalue weighted by atomic mass is 10.0. The normalized spacial score (nSPS) is 14.3. The van der Waals surface area contributed by atoms with Gasteiger partial charge in [0.1, 0.15) is 0 Å². The molecule has 0 aliphatic carbocycles. The third-order valence-electron chi connectivity index (χ3n) is 2.94. The minimum atomic E-state index is -0.535. The van der Waals surface area contributed by atoms with Gasteiger partial charge in [0.05, 0.1) is 18.8 Å². The average Bonchev–Trinajstić information content (AvgIpc) is 2.38. The van der Waals surface area contributed by atoms with Gasteiger partial charge in [-0.15, -0.1) is 0 Å². The van der Waals surface area contributed by atoms with E-state index in [0.29, 0.717) is 19.6 Å². The first-order valence-electron chi connectivity index (χ1n) is 6.25. The molecular formula is C14H23NO3. The Bertz CT molecular complexity index is 357. The van der Waals surface area contributed by atoms with Gasteiger partial charge in [-0.1, -0.05) is 25.1 Å². The van der Waals surface area contributed by atoms with Crippen LogP contribution in [-0.2, 0) is 4.74 Å². The Kier molecular flexibility index (Phi) is 6.12. The van der Waals surface area contributed by atoms with Crippen molar-refractivity contribution in [3.8, 4) is 0 Å². The standard InChI is InChI=1S/C14H23NO3/c1-4-14(17)12-7-5-6-8-13(12)15(2)9-11(16)10-18-3/h5-8,11,14,16-17H,4,9-10H2,1-3H3. The molecule has 1 aromatic rings. The molecule has 2 unspecified atom stereocenters. The van der Waals surface area contributed by atoms with Crippen LogP contribution in [0.1, 0.15) is 25.0 Å². The van der Waals surface area contributed by atoms with Gasteiger partial charge in [0.25, 0.3) is 0 Å². The van der Waals surface area contributed by atoms with Crippen molar-refractivity contribution < 1.29 is 14.9 Å². The molecule has 0 bridgehead atoms. The van der Waals surface area contributed by atoms with Gasteiger partial charge in [-0.25, -0.2) is 0 Å². The van der Waals surface area contributed by atoms with Gasteiger partial charge in [-0.3, -0.25) is 0 Å². The molecule has 0 amide bonds. The minimum absolute atomic E-state index is 0.308. The van der Waals surface area contributed by atoms with Crippen molar-refractivity contribution in [1.82, 2.24) is 0 Å². The fourth-order valence-electron chi connectivity index (χ4n) is 2.00. The Hall–Kier alpha value is -1.10. The van der Waals surface area contributed by atoms with Crippen molar-refractivity contribution in [2.75, 3.05) is 32.2 Å². The molecule has 1 rings (SSSR count). The predicted octanol–water partition coefficient (Wildman–Crippen LogP) is 1.57.